The molecule has 0 nitrogen and oxygen atoms in total. The van der Waals surface area contributed by atoms with Gasteiger partial charge in [0.15, 0.2) is 0 Å². The Morgan fingerprint density at radius 1 is 0.636 bits per heavy atom. The van der Waals surface area contributed by atoms with E-state index in [4.69, 9.17) is 0 Å². The summed E-state index contributed by atoms with van der Waals surface area (Å²) in [4.78, 5) is 0. The minimum Gasteiger partial charge on any atom is -1.00 e. The van der Waals surface area contributed by atoms with Crippen LogP contribution in [0.3, 0.4) is 0 Å². The summed E-state index contributed by atoms with van der Waals surface area (Å²) < 4.78 is 1.48. The number of allylic oxidation sites excluding steroid dienone is 4. The van der Waals surface area contributed by atoms with E-state index < -0.39 is 0 Å². The Labute approximate surface area is 291 Å². The van der Waals surface area contributed by atoms with Crippen LogP contribution in [0.4, 0.5) is 0 Å². The third kappa shape index (κ3) is 6.18. The predicted molar refractivity (Wildman–Crippen MR) is 175 cm³/mol. The summed E-state index contributed by atoms with van der Waals surface area (Å²) in [5.74, 6) is 0. The summed E-state index contributed by atoms with van der Waals surface area (Å²) >= 11 is 1.47. The van der Waals surface area contributed by atoms with Gasteiger partial charge in [0.25, 0.3) is 0 Å². The van der Waals surface area contributed by atoms with E-state index in [2.05, 4.69) is 146 Å². The molecule has 0 aromatic heterocycles. The van der Waals surface area contributed by atoms with Gasteiger partial charge in [0.05, 0.1) is 0 Å². The van der Waals surface area contributed by atoms with E-state index in [1.807, 2.05) is 0 Å². The van der Waals surface area contributed by atoms with Gasteiger partial charge in [-0.15, -0.1) is 0 Å². The van der Waals surface area contributed by atoms with Crippen LogP contribution in [0.2, 0.25) is 0 Å². The first-order chi connectivity index (χ1) is 19.8. The van der Waals surface area contributed by atoms with Gasteiger partial charge in [0.1, 0.15) is 0 Å². The van der Waals surface area contributed by atoms with Crippen LogP contribution in [-0.4, -0.2) is 0 Å². The van der Waals surface area contributed by atoms with Crippen LogP contribution in [0, 0.1) is 24.3 Å². The summed E-state index contributed by atoms with van der Waals surface area (Å²) in [6, 6.07) is 28.1. The molecule has 0 fully saturated rings. The van der Waals surface area contributed by atoms with Crippen molar-refractivity contribution in [1.29, 1.82) is 0 Å². The molecule has 0 unspecified atom stereocenters. The zero-order chi connectivity index (χ0) is 30.0. The molecule has 4 aromatic rings. The number of aryl methyl sites for hydroxylation is 2. The van der Waals surface area contributed by atoms with Gasteiger partial charge in [-0.3, -0.25) is 0 Å². The van der Waals surface area contributed by atoms with E-state index in [9.17, 15) is 0 Å². The van der Waals surface area contributed by atoms with Crippen LogP contribution in [0.1, 0.15) is 92.5 Å². The van der Waals surface area contributed by atoms with Crippen molar-refractivity contribution in [1.82, 2.24) is 0 Å². The Hall–Kier alpha value is -2.44. The van der Waals surface area contributed by atoms with Crippen LogP contribution in [0.15, 0.2) is 91.0 Å². The number of fused-ring (bicyclic) bond motifs is 2. The third-order valence-electron chi connectivity index (χ3n) is 8.85. The summed E-state index contributed by atoms with van der Waals surface area (Å²) in [6.07, 6.45) is 7.89. The SMILES string of the molecule is Cc1ccc(C(c2ccc(C)cc2)=c2c(C(C)(C)C)cc3c(c2C2=CC=CC2)[C]([Zr+2])=c2ccc(C(C)(C)C)cc2=3)cc1.[Cl-].[Cl-]. The van der Waals surface area contributed by atoms with E-state index in [1.54, 1.807) is 0 Å². The zero-order valence-electron chi connectivity index (χ0n) is 27.1. The molecular formula is C41H41Cl2Zr. The molecule has 0 aliphatic heterocycles. The molecule has 0 saturated heterocycles. The average molecular weight is 696 g/mol. The minimum absolute atomic E-state index is 0. The van der Waals surface area contributed by atoms with Gasteiger partial charge in [-0.1, -0.05) is 0 Å². The zero-order valence-corrected chi connectivity index (χ0v) is 31.1. The van der Waals surface area contributed by atoms with Crippen molar-refractivity contribution in [2.45, 2.75) is 72.6 Å². The van der Waals surface area contributed by atoms with Crippen molar-refractivity contribution in [3.63, 3.8) is 0 Å². The molecule has 0 atom stereocenters. The second kappa shape index (κ2) is 12.8. The molecule has 0 radical (unpaired) electrons. The van der Waals surface area contributed by atoms with Crippen LogP contribution in [0.25, 0.3) is 14.4 Å². The van der Waals surface area contributed by atoms with Crippen molar-refractivity contribution < 1.29 is 49.5 Å². The summed E-state index contributed by atoms with van der Waals surface area (Å²) in [7, 11) is 0. The summed E-state index contributed by atoms with van der Waals surface area (Å²) in [6.45, 7) is 18.5. The molecule has 44 heavy (non-hydrogen) atoms. The molecule has 223 valence electrons. The van der Waals surface area contributed by atoms with Crippen molar-refractivity contribution >= 4 is 14.4 Å². The fourth-order valence-electron chi connectivity index (χ4n) is 6.44. The Morgan fingerprint density at radius 3 is 1.68 bits per heavy atom. The summed E-state index contributed by atoms with van der Waals surface area (Å²) in [5.41, 5.74) is 13.6. The number of hydrogen-bond acceptors (Lipinski definition) is 0. The number of benzene rings is 4. The van der Waals surface area contributed by atoms with Gasteiger partial charge in [-0.2, -0.15) is 0 Å². The Morgan fingerprint density at radius 2 is 1.20 bits per heavy atom. The van der Waals surface area contributed by atoms with Gasteiger partial charge in [-0.05, 0) is 0 Å². The van der Waals surface area contributed by atoms with Crippen LogP contribution in [0.5, 0.6) is 0 Å². The maximum absolute atomic E-state index is 2.56. The van der Waals surface area contributed by atoms with E-state index >= 15 is 0 Å². The van der Waals surface area contributed by atoms with Gasteiger partial charge >= 0.3 is 268 Å². The molecule has 0 spiro atoms. The predicted octanol–water partition coefficient (Wildman–Crippen LogP) is 2.80. The summed E-state index contributed by atoms with van der Waals surface area (Å²) in [5, 5.41) is 5.62. The monoisotopic (exact) mass is 693 g/mol. The Bertz CT molecular complexity index is 1970. The standard InChI is InChI=1S/C41H41.2ClH.Zr/c1-26-13-17-29(18-14-26)37(30-19-15-27(2)16-20-30)39-36(41(6,7)8)25-34-33-24-32(40(3,4)5)22-21-31(33)23-35(34)38(39)28-11-9-10-12-28;;;/h9-11,13-22,24-25H,12H2,1-8H3;2*1H;/q;;;+2/p-2. The largest absolute Gasteiger partial charge is 1.00 e. The first-order valence-corrected chi connectivity index (χ1v) is 16.4. The third-order valence-corrected chi connectivity index (χ3v) is 10.1. The topological polar surface area (TPSA) is 0 Å². The molecule has 2 aliphatic carbocycles. The van der Waals surface area contributed by atoms with Crippen molar-refractivity contribution in [3.05, 3.63) is 156 Å². The molecule has 0 amide bonds. The number of halogens is 2. The molecule has 6 rings (SSSR count). The molecule has 0 heterocycles. The molecule has 4 aromatic carbocycles. The van der Waals surface area contributed by atoms with Crippen LogP contribution in [-0.2, 0) is 35.5 Å². The first-order valence-electron chi connectivity index (χ1n) is 15.2. The van der Waals surface area contributed by atoms with Gasteiger partial charge in [-0.25, -0.2) is 0 Å². The maximum atomic E-state index is 2.56. The molecule has 0 N–H and O–H groups in total. The number of hydrogen-bond donors (Lipinski definition) is 0. The van der Waals surface area contributed by atoms with E-state index in [-0.39, 0.29) is 35.6 Å². The van der Waals surface area contributed by atoms with E-state index in [0.29, 0.717) is 0 Å². The van der Waals surface area contributed by atoms with Crippen LogP contribution < -0.4 is 35.3 Å². The van der Waals surface area contributed by atoms with Crippen molar-refractivity contribution in [3.8, 4) is 0 Å². The quantitative estimate of drug-likeness (QED) is 0.310. The second-order valence-corrected chi connectivity index (χ2v) is 15.4. The Balaban J connectivity index is 0.00000221. The van der Waals surface area contributed by atoms with Gasteiger partial charge < -0.3 is 24.8 Å². The average Bonchev–Trinajstić information content (AvgIpc) is 3.56. The molecule has 0 saturated carbocycles. The Kier molecular flexibility index (Phi) is 9.98. The van der Waals surface area contributed by atoms with Crippen LogP contribution >= 0.6 is 0 Å². The molecular weight excluding hydrogens is 655 g/mol. The van der Waals surface area contributed by atoms with E-state index in [1.165, 1.54) is 105 Å². The molecule has 0 bridgehead atoms. The second-order valence-electron chi connectivity index (χ2n) is 14.2. The van der Waals surface area contributed by atoms with Gasteiger partial charge in [0.2, 0.25) is 0 Å². The van der Waals surface area contributed by atoms with Crippen molar-refractivity contribution in [2.75, 3.05) is 0 Å². The maximum Gasteiger partial charge on any atom is -1.00 e. The molecule has 3 heteroatoms. The minimum atomic E-state index is -0.0575. The smallest absolute Gasteiger partial charge is 1.00 e. The molecule has 2 aliphatic rings. The number of rotatable bonds is 3. The van der Waals surface area contributed by atoms with Crippen molar-refractivity contribution in [2.24, 2.45) is 0 Å². The fourth-order valence-corrected chi connectivity index (χ4v) is 7.62. The fraction of sp³-hybridized carbons (Fsp3) is 0.268. The normalized spacial score (nSPS) is 13.6. The first kappa shape index (κ1) is 34.4. The van der Waals surface area contributed by atoms with Gasteiger partial charge in [0, 0.05) is 0 Å². The van der Waals surface area contributed by atoms with E-state index in [0.717, 1.165) is 6.42 Å².